The smallest absolute Gasteiger partial charge is 0.224 e. The molecular weight excluding hydrogens is 216 g/mol. The number of rotatable bonds is 4. The summed E-state index contributed by atoms with van der Waals surface area (Å²) in [6.07, 6.45) is 4.48. The summed E-state index contributed by atoms with van der Waals surface area (Å²) in [5.41, 5.74) is 0. The van der Waals surface area contributed by atoms with Crippen molar-refractivity contribution in [1.82, 2.24) is 20.2 Å². The van der Waals surface area contributed by atoms with Crippen LogP contribution >= 0.6 is 0 Å². The van der Waals surface area contributed by atoms with Gasteiger partial charge >= 0.3 is 0 Å². The van der Waals surface area contributed by atoms with E-state index < -0.39 is 0 Å². The highest BCUT2D eigenvalue weighted by Gasteiger charge is 2.29. The van der Waals surface area contributed by atoms with E-state index in [0.29, 0.717) is 12.5 Å². The van der Waals surface area contributed by atoms with Crippen molar-refractivity contribution in [2.45, 2.75) is 13.3 Å². The fourth-order valence-corrected chi connectivity index (χ4v) is 2.23. The fraction of sp³-hybridized carbons (Fsp3) is 0.667. The van der Waals surface area contributed by atoms with E-state index in [9.17, 15) is 4.79 Å². The number of aromatic nitrogens is 2. The van der Waals surface area contributed by atoms with Gasteiger partial charge in [0.15, 0.2) is 0 Å². The highest BCUT2D eigenvalue weighted by atomic mass is 16.1. The van der Waals surface area contributed by atoms with E-state index in [0.717, 1.165) is 25.3 Å². The van der Waals surface area contributed by atoms with Gasteiger partial charge in [-0.3, -0.25) is 4.79 Å². The monoisotopic (exact) mass is 236 g/mol. The van der Waals surface area contributed by atoms with E-state index >= 15 is 0 Å². The third kappa shape index (κ3) is 2.85. The quantitative estimate of drug-likeness (QED) is 0.769. The van der Waals surface area contributed by atoms with Gasteiger partial charge in [-0.15, -0.1) is 0 Å². The Labute approximate surface area is 102 Å². The van der Waals surface area contributed by atoms with Gasteiger partial charge in [-0.05, 0) is 12.5 Å². The molecule has 0 spiro atoms. The third-order valence-electron chi connectivity index (χ3n) is 3.42. The maximum absolute atomic E-state index is 11.9. The van der Waals surface area contributed by atoms with Gasteiger partial charge in [-0.2, -0.15) is 0 Å². The van der Waals surface area contributed by atoms with Gasteiger partial charge in [0, 0.05) is 39.0 Å². The van der Waals surface area contributed by atoms with Crippen LogP contribution in [0.25, 0.3) is 0 Å². The molecule has 2 heterocycles. The highest BCUT2D eigenvalue weighted by molar-refractivity contribution is 5.79. The van der Waals surface area contributed by atoms with Crippen molar-refractivity contribution in [1.29, 1.82) is 0 Å². The Balaban J connectivity index is 1.75. The van der Waals surface area contributed by atoms with Gasteiger partial charge in [0.2, 0.25) is 5.91 Å². The van der Waals surface area contributed by atoms with Crippen LogP contribution in [0.5, 0.6) is 0 Å². The maximum Gasteiger partial charge on any atom is 0.224 e. The van der Waals surface area contributed by atoms with Crippen LogP contribution in [0.1, 0.15) is 12.7 Å². The summed E-state index contributed by atoms with van der Waals surface area (Å²) in [7, 11) is 1.97. The number of amides is 1. The summed E-state index contributed by atoms with van der Waals surface area (Å²) < 4.78 is 1.98. The van der Waals surface area contributed by atoms with E-state index in [2.05, 4.69) is 22.5 Å². The molecular formula is C12H20N4O. The SMILES string of the molecule is C[C@@H]1CNC[C@H]1C(=O)NCCc1nccn1C. The number of carbonyl (C=O) groups is 1. The second kappa shape index (κ2) is 5.31. The molecule has 1 aromatic heterocycles. The first-order valence-electron chi connectivity index (χ1n) is 6.13. The molecule has 0 bridgehead atoms. The van der Waals surface area contributed by atoms with Crippen LogP contribution in [-0.4, -0.2) is 35.1 Å². The number of hydrogen-bond acceptors (Lipinski definition) is 3. The molecule has 1 aromatic rings. The van der Waals surface area contributed by atoms with Gasteiger partial charge in [-0.25, -0.2) is 4.98 Å². The van der Waals surface area contributed by atoms with Crippen LogP contribution in [0.3, 0.4) is 0 Å². The molecule has 0 saturated carbocycles. The lowest BCUT2D eigenvalue weighted by Crippen LogP contribution is -2.35. The molecule has 0 aliphatic carbocycles. The molecule has 1 aliphatic rings. The van der Waals surface area contributed by atoms with E-state index in [1.165, 1.54) is 0 Å². The zero-order valence-corrected chi connectivity index (χ0v) is 10.4. The lowest BCUT2D eigenvalue weighted by atomic mass is 9.97. The van der Waals surface area contributed by atoms with Gasteiger partial charge in [-0.1, -0.05) is 6.92 Å². The molecule has 5 heteroatoms. The first kappa shape index (κ1) is 12.1. The molecule has 0 unspecified atom stereocenters. The summed E-state index contributed by atoms with van der Waals surface area (Å²) in [4.78, 5) is 16.1. The van der Waals surface area contributed by atoms with Gasteiger partial charge in [0.25, 0.3) is 0 Å². The van der Waals surface area contributed by atoms with Crippen molar-refractivity contribution in [2.75, 3.05) is 19.6 Å². The second-order valence-electron chi connectivity index (χ2n) is 4.74. The molecule has 17 heavy (non-hydrogen) atoms. The Morgan fingerprint density at radius 2 is 2.47 bits per heavy atom. The maximum atomic E-state index is 11.9. The summed E-state index contributed by atoms with van der Waals surface area (Å²) in [6.45, 7) is 4.52. The Morgan fingerprint density at radius 1 is 1.65 bits per heavy atom. The van der Waals surface area contributed by atoms with Crippen molar-refractivity contribution in [3.8, 4) is 0 Å². The third-order valence-corrected chi connectivity index (χ3v) is 3.42. The first-order chi connectivity index (χ1) is 8.18. The van der Waals surface area contributed by atoms with Crippen molar-refractivity contribution >= 4 is 5.91 Å². The predicted octanol–water partition coefficient (Wildman–Crippen LogP) is -0.0657. The standard InChI is InChI=1S/C12H20N4O/c1-9-7-13-8-10(9)12(17)15-4-3-11-14-5-6-16(11)2/h5-6,9-10,13H,3-4,7-8H2,1-2H3,(H,15,17)/t9-,10-/m1/s1. The van der Waals surface area contributed by atoms with Crippen LogP contribution in [0.15, 0.2) is 12.4 Å². The fourth-order valence-electron chi connectivity index (χ4n) is 2.23. The van der Waals surface area contributed by atoms with E-state index in [1.54, 1.807) is 6.20 Å². The van der Waals surface area contributed by atoms with Crippen molar-refractivity contribution in [3.63, 3.8) is 0 Å². The molecule has 2 atom stereocenters. The van der Waals surface area contributed by atoms with E-state index in [4.69, 9.17) is 0 Å². The number of carbonyl (C=O) groups excluding carboxylic acids is 1. The number of nitrogens with zero attached hydrogens (tertiary/aromatic N) is 2. The molecule has 1 saturated heterocycles. The average molecular weight is 236 g/mol. The van der Waals surface area contributed by atoms with Crippen molar-refractivity contribution < 1.29 is 4.79 Å². The molecule has 1 amide bonds. The summed E-state index contributed by atoms with van der Waals surface area (Å²) in [6, 6.07) is 0. The van der Waals surface area contributed by atoms with Crippen LogP contribution in [0.2, 0.25) is 0 Å². The Morgan fingerprint density at radius 3 is 3.06 bits per heavy atom. The van der Waals surface area contributed by atoms with Crippen LogP contribution in [-0.2, 0) is 18.3 Å². The summed E-state index contributed by atoms with van der Waals surface area (Å²) >= 11 is 0. The van der Waals surface area contributed by atoms with Gasteiger partial charge in [0.05, 0.1) is 5.92 Å². The lowest BCUT2D eigenvalue weighted by Gasteiger charge is -2.13. The van der Waals surface area contributed by atoms with E-state index in [-0.39, 0.29) is 11.8 Å². The molecule has 5 nitrogen and oxygen atoms in total. The van der Waals surface area contributed by atoms with Crippen LogP contribution in [0.4, 0.5) is 0 Å². The number of aryl methyl sites for hydroxylation is 1. The minimum atomic E-state index is 0.122. The van der Waals surface area contributed by atoms with E-state index in [1.807, 2.05) is 17.8 Å². The van der Waals surface area contributed by atoms with Gasteiger partial charge in [0.1, 0.15) is 5.82 Å². The molecule has 0 aromatic carbocycles. The first-order valence-corrected chi connectivity index (χ1v) is 6.13. The van der Waals surface area contributed by atoms with Crippen molar-refractivity contribution in [2.24, 2.45) is 18.9 Å². The Bertz CT molecular complexity index is 388. The zero-order chi connectivity index (χ0) is 12.3. The van der Waals surface area contributed by atoms with Gasteiger partial charge < -0.3 is 15.2 Å². The molecule has 1 aliphatic heterocycles. The number of imidazole rings is 1. The highest BCUT2D eigenvalue weighted by Crippen LogP contribution is 2.15. The molecule has 1 fully saturated rings. The Hall–Kier alpha value is -1.36. The minimum Gasteiger partial charge on any atom is -0.355 e. The largest absolute Gasteiger partial charge is 0.355 e. The average Bonchev–Trinajstić information content (AvgIpc) is 2.88. The topological polar surface area (TPSA) is 59.0 Å². The molecule has 2 rings (SSSR count). The van der Waals surface area contributed by atoms with Crippen LogP contribution in [0, 0.1) is 11.8 Å². The molecule has 94 valence electrons. The minimum absolute atomic E-state index is 0.122. The molecule has 0 radical (unpaired) electrons. The lowest BCUT2D eigenvalue weighted by molar-refractivity contribution is -0.125. The molecule has 2 N–H and O–H groups in total. The second-order valence-corrected chi connectivity index (χ2v) is 4.74. The zero-order valence-electron chi connectivity index (χ0n) is 10.4. The van der Waals surface area contributed by atoms with Crippen molar-refractivity contribution in [3.05, 3.63) is 18.2 Å². The summed E-state index contributed by atoms with van der Waals surface area (Å²) in [5.74, 6) is 1.72. The Kier molecular flexibility index (Phi) is 3.78. The van der Waals surface area contributed by atoms with Crippen LogP contribution < -0.4 is 10.6 Å². The number of nitrogens with one attached hydrogen (secondary N) is 2. The summed E-state index contributed by atoms with van der Waals surface area (Å²) in [5, 5.41) is 6.23. The number of hydrogen-bond donors (Lipinski definition) is 2. The predicted molar refractivity (Wildman–Crippen MR) is 65.4 cm³/mol. The normalized spacial score (nSPS) is 23.9.